The van der Waals surface area contributed by atoms with E-state index in [1.54, 1.807) is 0 Å². The van der Waals surface area contributed by atoms with Gasteiger partial charge in [0.1, 0.15) is 162 Å². The van der Waals surface area contributed by atoms with Gasteiger partial charge in [0.05, 0.1) is 51.8 Å². The van der Waals surface area contributed by atoms with Crippen LogP contribution >= 0.6 is 0 Å². The number of rotatable bonds is 17. The number of nitrogens with zero attached hydrogens (tertiary/aromatic N) is 6. The van der Waals surface area contributed by atoms with E-state index in [0.29, 0.717) is 0 Å². The quantitative estimate of drug-likeness (QED) is 0.0463. The average Bonchev–Trinajstić information content (AvgIpc) is 1.05. The van der Waals surface area contributed by atoms with Gasteiger partial charge in [0, 0.05) is 40.8 Å². The SMILES string of the molecule is COC(=O)[C@H]1N=C(O)[C@H]2N=C(O)[C@H](N=C(O)[C@@H]3N=C(O)[C@H]4N=C(O)[C@H](N=C(O)[C@H](N)c5ccc(O)c(c5)Oc5cc4cc(O)c5C)[C@H](O)c4ccc(cc4)Oc4cc3cc(c4OC3OC(COC4OC(C)C(O)C(O)C4O)C(O)C(O)C3OC3OC(CO)C(O)C(O)C3OC3OC(CO)C(O)C3O)Oc3ccc(cc3)C2OC2CC(N)C(O)C(C)O2)c2ccc(O)c(c2)-c2c(OC3OC(CO)C(O)C(O)C3O)cc(O)cc21. The summed E-state index contributed by atoms with van der Waals surface area (Å²) in [5.74, 6) is -16.6. The van der Waals surface area contributed by atoms with Crippen molar-refractivity contribution in [3.05, 3.63) is 166 Å². The van der Waals surface area contributed by atoms with Crippen molar-refractivity contribution in [3.8, 4) is 80.1 Å². The molecule has 0 radical (unpaired) electrons. The summed E-state index contributed by atoms with van der Waals surface area (Å²) in [5, 5.41) is 321. The number of hydrogen-bond donors (Lipinski definition) is 29. The first-order valence-electron chi connectivity index (χ1n) is 46.2. The topological polar surface area (TPSA) is 837 Å². The number of phenolic OH excluding ortho intramolecular Hbond substituents is 4. The maximum Gasteiger partial charge on any atom is 0.335 e. The standard InChI is InChI=1S/C95H110N8O44/c1-30-47(110)18-37-20-48(30)138-49-19-35(9-16-46(49)109)59(97)84(125)102-64-68(113)33-5-11-40(12-6-33)136-51-21-38-22-52(81(51)145-95-83(76(121)72(117)56(143-95)29-133-91-78(123)73(118)67(112)32(3)135-91)147-94-82(75(120)70(115)54(27-105)142-94)146-93-77(122)71(116)55(28-106)141-93)137-41-13-7-34(8-14-41)80(144-57-25-44(96)66(111)31(2)134-57)65-89(130)101-63(90(131)132-4)43-23-39(107)24-50(139-92-79(124)74(119)69(114)53(26-104)140-92)58(43)42-17-36(10-15-45(42)108)60(85(126)103-65)98-87(128)62(38)99-86(127)61(37)100-88(64)129/h5-24,31-32,44,53-57,59-80,82-83,91-95,104-124H,25-29,96-97H2,1-4H3,(H,98,128)(H,99,127)(H,100,129)(H,101,130)(H,102,125)(H,103,126)/t31?,32?,44?,53?,54?,55?,56?,57?,59-,60-,61+,62-,63+,64-,65+,66?,67?,68-,69?,70?,71?,72?,73?,74?,75?,76?,77?,78?,79?,80?,82?,83?,91?,92?,93?,94?,95?/m1/s1. The van der Waals surface area contributed by atoms with Crippen LogP contribution in [0.1, 0.15) is 107 Å². The van der Waals surface area contributed by atoms with E-state index in [2.05, 4.69) is 20.0 Å². The van der Waals surface area contributed by atoms with Crippen LogP contribution in [-0.2, 0) is 56.9 Å². The molecule has 12 heterocycles. The lowest BCUT2D eigenvalue weighted by atomic mass is 9.90. The molecule has 0 saturated carbocycles. The lowest BCUT2D eigenvalue weighted by Crippen LogP contribution is -2.66. The van der Waals surface area contributed by atoms with Gasteiger partial charge >= 0.3 is 5.97 Å². The average molecular weight is 2070 g/mol. The molecule has 0 amide bonds. The number of phenols is 4. The molecular formula is C95H110N8O44. The van der Waals surface area contributed by atoms with E-state index in [1.807, 2.05) is 0 Å². The number of fused-ring (bicyclic) bond motifs is 12. The van der Waals surface area contributed by atoms with Gasteiger partial charge in [-0.1, -0.05) is 36.4 Å². The van der Waals surface area contributed by atoms with Gasteiger partial charge in [-0.05, 0) is 133 Å². The van der Waals surface area contributed by atoms with Gasteiger partial charge in [0.2, 0.25) is 53.7 Å². The Morgan fingerprint density at radius 3 is 1.52 bits per heavy atom. The molecule has 17 bridgehead atoms. The van der Waals surface area contributed by atoms with E-state index in [4.69, 9.17) is 97.2 Å². The fourth-order valence-corrected chi connectivity index (χ4v) is 18.4. The third-order valence-electron chi connectivity index (χ3n) is 26.8. The molecule has 52 heteroatoms. The van der Waals surface area contributed by atoms with Gasteiger partial charge in [-0.3, -0.25) is 0 Å². The Morgan fingerprint density at radius 1 is 0.401 bits per heavy atom. The van der Waals surface area contributed by atoms with Gasteiger partial charge in [-0.15, -0.1) is 0 Å². The lowest BCUT2D eigenvalue weighted by molar-refractivity contribution is -0.377. The minimum Gasteiger partial charge on any atom is -0.508 e. The zero-order valence-corrected chi connectivity index (χ0v) is 77.8. The number of aliphatic imine (C=N–C) groups is 6. The van der Waals surface area contributed by atoms with Crippen LogP contribution in [0.5, 0.6) is 69.0 Å². The van der Waals surface area contributed by atoms with Crippen molar-refractivity contribution in [3.63, 3.8) is 0 Å². The van der Waals surface area contributed by atoms with Crippen molar-refractivity contribution in [1.82, 2.24) is 0 Å². The second kappa shape index (κ2) is 43.6. The van der Waals surface area contributed by atoms with Crippen LogP contribution in [0, 0.1) is 6.92 Å². The number of esters is 1. The lowest BCUT2D eigenvalue weighted by Gasteiger charge is -2.47. The van der Waals surface area contributed by atoms with Crippen LogP contribution in [0.2, 0.25) is 0 Å². The van der Waals surface area contributed by atoms with E-state index < -0.39 is 374 Å². The van der Waals surface area contributed by atoms with E-state index >= 15 is 0 Å². The third kappa shape index (κ3) is 21.3. The Balaban J connectivity index is 0.942. The van der Waals surface area contributed by atoms with E-state index in [9.17, 15) is 143 Å². The number of carbonyl (C=O) groups excluding carboxylic acids is 1. The first-order valence-corrected chi connectivity index (χ1v) is 46.2. The molecule has 6 fully saturated rings. The first kappa shape index (κ1) is 106. The summed E-state index contributed by atoms with van der Waals surface area (Å²) >= 11 is 0. The summed E-state index contributed by atoms with van der Waals surface area (Å²) in [7, 11) is 0.881. The van der Waals surface area contributed by atoms with Gasteiger partial charge in [-0.25, -0.2) is 34.7 Å². The molecule has 0 aliphatic carbocycles. The van der Waals surface area contributed by atoms with Crippen molar-refractivity contribution < 1.29 is 218 Å². The molecular weight excluding hydrogens is 1960 g/mol. The van der Waals surface area contributed by atoms with Crippen LogP contribution in [0.3, 0.4) is 0 Å². The molecule has 7 aromatic carbocycles. The largest absolute Gasteiger partial charge is 0.508 e. The number of methoxy groups -OCH3 is 1. The van der Waals surface area contributed by atoms with Crippen molar-refractivity contribution in [2.24, 2.45) is 41.4 Å². The molecule has 29 unspecified atom stereocenters. The number of carbonyl (C=O) groups is 1. The van der Waals surface area contributed by atoms with Gasteiger partial charge in [0.15, 0.2) is 90.5 Å². The highest BCUT2D eigenvalue weighted by Gasteiger charge is 2.57. The molecule has 52 nitrogen and oxygen atoms in total. The Hall–Kier alpha value is -12.1. The van der Waals surface area contributed by atoms with Crippen LogP contribution in [0.15, 0.2) is 151 Å². The zero-order valence-electron chi connectivity index (χ0n) is 77.8. The van der Waals surface area contributed by atoms with Crippen molar-refractivity contribution in [2.75, 3.05) is 33.5 Å². The number of ether oxygens (including phenoxy) is 16. The summed E-state index contributed by atoms with van der Waals surface area (Å²) < 4.78 is 100. The Bertz CT molecular complexity index is 6110. The minimum absolute atomic E-state index is 0.0145. The summed E-state index contributed by atoms with van der Waals surface area (Å²) in [5.41, 5.74) is 9.56. The Morgan fingerprint density at radius 2 is 0.891 bits per heavy atom. The smallest absolute Gasteiger partial charge is 0.335 e. The van der Waals surface area contributed by atoms with E-state index in [0.717, 1.165) is 67.8 Å². The number of aromatic hydroxyl groups is 4. The fraction of sp³-hybridized carbons (Fsp3) is 0.484. The van der Waals surface area contributed by atoms with Crippen LogP contribution in [-0.4, -0.2) is 397 Å². The maximum atomic E-state index is 14.9. The summed E-state index contributed by atoms with van der Waals surface area (Å²) in [6.45, 7) is 0.0228. The zero-order chi connectivity index (χ0) is 105. The third-order valence-corrected chi connectivity index (χ3v) is 26.8. The van der Waals surface area contributed by atoms with Crippen molar-refractivity contribution in [1.29, 1.82) is 0 Å². The predicted octanol–water partition coefficient (Wildman–Crippen LogP) is -1.46. The first-order chi connectivity index (χ1) is 70.0. The molecule has 794 valence electrons. The van der Waals surface area contributed by atoms with Gasteiger partial charge < -0.3 is 225 Å². The highest BCUT2D eigenvalue weighted by molar-refractivity contribution is 5.96. The Kier molecular flexibility index (Phi) is 31.5. The highest BCUT2D eigenvalue weighted by Crippen LogP contribution is 2.53. The summed E-state index contributed by atoms with van der Waals surface area (Å²) in [6.07, 6.45) is -57.8. The van der Waals surface area contributed by atoms with Crippen LogP contribution in [0.4, 0.5) is 0 Å². The number of nitrogens with two attached hydrogens (primary N) is 2. The monoisotopic (exact) mass is 2070 g/mol. The molecule has 0 aromatic heterocycles. The molecule has 7 aromatic rings. The predicted molar refractivity (Wildman–Crippen MR) is 495 cm³/mol. The second-order valence-corrected chi connectivity index (χ2v) is 36.5. The fourth-order valence-electron chi connectivity index (χ4n) is 18.4. The Labute approximate surface area is 831 Å². The molecule has 12 aliphatic rings. The molecule has 31 N–H and O–H groups in total. The molecule has 6 saturated heterocycles. The molecule has 19 rings (SSSR count). The number of aliphatic hydroxyl groups excluding tert-OH is 23. The van der Waals surface area contributed by atoms with Crippen molar-refractivity contribution >= 4 is 41.4 Å². The summed E-state index contributed by atoms with van der Waals surface area (Å²) in [4.78, 5) is 42.4. The van der Waals surface area contributed by atoms with E-state index in [-0.39, 0.29) is 51.7 Å². The van der Waals surface area contributed by atoms with Gasteiger partial charge in [0.25, 0.3) is 0 Å². The van der Waals surface area contributed by atoms with Crippen LogP contribution in [0.25, 0.3) is 11.1 Å². The molecule has 37 atom stereocenters. The maximum absolute atomic E-state index is 14.9. The number of aliphatic hydroxyl groups is 23. The van der Waals surface area contributed by atoms with Crippen molar-refractivity contribution in [2.45, 2.75) is 254 Å². The molecule has 147 heavy (non-hydrogen) atoms. The molecule has 12 aliphatic heterocycles. The van der Waals surface area contributed by atoms with Crippen LogP contribution < -0.4 is 35.2 Å². The summed E-state index contributed by atoms with van der Waals surface area (Å²) in [6, 6.07) is 4.86. The number of benzene rings is 7. The normalized spacial score (nSPS) is 36.1. The number of hydrogen-bond acceptors (Lipinski definition) is 46. The van der Waals surface area contributed by atoms with E-state index in [1.165, 1.54) is 81.4 Å². The minimum atomic E-state index is -2.59. The van der Waals surface area contributed by atoms with Gasteiger partial charge in [-0.2, -0.15) is 0 Å². The highest BCUT2D eigenvalue weighted by atomic mass is 16.8. The second-order valence-electron chi connectivity index (χ2n) is 36.5. The molecule has 0 spiro atoms.